The van der Waals surface area contributed by atoms with Crippen LogP contribution < -0.4 is 4.90 Å². The molecule has 6 heteroatoms. The van der Waals surface area contributed by atoms with Crippen LogP contribution in [0.1, 0.15) is 5.56 Å². The molecule has 0 bridgehead atoms. The molecule has 0 aromatic heterocycles. The van der Waals surface area contributed by atoms with Crippen LogP contribution in [0.4, 0.5) is 5.69 Å². The smallest absolute Gasteiger partial charge is 0.351 e. The van der Waals surface area contributed by atoms with Crippen molar-refractivity contribution >= 4 is 29.3 Å². The number of rotatable bonds is 4. The number of esters is 1. The van der Waals surface area contributed by atoms with E-state index in [0.717, 1.165) is 5.56 Å². The van der Waals surface area contributed by atoms with Crippen molar-refractivity contribution in [1.82, 2.24) is 0 Å². The summed E-state index contributed by atoms with van der Waals surface area (Å²) in [5.74, 6) is -0.902. The van der Waals surface area contributed by atoms with Crippen molar-refractivity contribution < 1.29 is 14.3 Å². The Labute approximate surface area is 155 Å². The maximum atomic E-state index is 13.1. The predicted molar refractivity (Wildman–Crippen MR) is 100 cm³/mol. The van der Waals surface area contributed by atoms with Crippen molar-refractivity contribution in [2.24, 2.45) is 0 Å². The topological polar surface area (TPSA) is 70.4 Å². The normalized spacial score (nSPS) is 18.4. The first kappa shape index (κ1) is 17.8. The molecule has 0 saturated carbocycles. The highest BCUT2D eigenvalue weighted by molar-refractivity contribution is 8.05. The summed E-state index contributed by atoms with van der Waals surface area (Å²) in [6, 6.07) is 20.5. The Morgan fingerprint density at radius 2 is 1.77 bits per heavy atom. The number of ether oxygens (including phenoxy) is 1. The van der Waals surface area contributed by atoms with Gasteiger partial charge in [-0.25, -0.2) is 4.79 Å². The molecule has 0 aliphatic carbocycles. The Bertz CT molecular complexity index is 888. The molecule has 0 N–H and O–H groups in total. The molecule has 1 fully saturated rings. The standard InChI is InChI=1S/C20H16N2O3S/c1-25-20(24)16(13-21)19-22(15-10-6-3-7-11-15)18(23)17(26-19)12-14-8-4-2-5-9-14/h2-11,17H,12H2,1H3/b19-16-. The van der Waals surface area contributed by atoms with Gasteiger partial charge in [-0.3, -0.25) is 9.69 Å². The fraction of sp³-hybridized carbons (Fsp3) is 0.150. The van der Waals surface area contributed by atoms with Gasteiger partial charge in [0.15, 0.2) is 5.57 Å². The SMILES string of the molecule is COC(=O)/C(C#N)=C1\SC(Cc2ccccc2)C(=O)N1c1ccccc1. The van der Waals surface area contributed by atoms with Crippen LogP contribution in [0.2, 0.25) is 0 Å². The zero-order valence-electron chi connectivity index (χ0n) is 14.1. The molecule has 2 aromatic rings. The van der Waals surface area contributed by atoms with Crippen molar-refractivity contribution in [1.29, 1.82) is 5.26 Å². The Morgan fingerprint density at radius 3 is 2.35 bits per heavy atom. The van der Waals surface area contributed by atoms with Crippen molar-refractivity contribution in [2.75, 3.05) is 12.0 Å². The van der Waals surface area contributed by atoms with Crippen LogP contribution in [-0.4, -0.2) is 24.2 Å². The summed E-state index contributed by atoms with van der Waals surface area (Å²) in [5, 5.41) is 9.35. The van der Waals surface area contributed by atoms with Crippen LogP contribution in [0, 0.1) is 11.3 Å². The monoisotopic (exact) mass is 364 g/mol. The number of hydrogen-bond donors (Lipinski definition) is 0. The molecule has 1 aliphatic rings. The average molecular weight is 364 g/mol. The zero-order chi connectivity index (χ0) is 18.5. The number of anilines is 1. The van der Waals surface area contributed by atoms with Crippen molar-refractivity contribution in [3.05, 3.63) is 76.8 Å². The molecule has 1 atom stereocenters. The number of benzene rings is 2. The number of methoxy groups -OCH3 is 1. The molecule has 1 heterocycles. The third kappa shape index (κ3) is 3.48. The van der Waals surface area contributed by atoms with Gasteiger partial charge in [0.2, 0.25) is 5.91 Å². The van der Waals surface area contributed by atoms with E-state index in [1.165, 1.54) is 23.8 Å². The molecule has 5 nitrogen and oxygen atoms in total. The fourth-order valence-electron chi connectivity index (χ4n) is 2.71. The average Bonchev–Trinajstić information content (AvgIpc) is 2.99. The van der Waals surface area contributed by atoms with E-state index in [1.54, 1.807) is 24.3 Å². The third-order valence-corrected chi connectivity index (χ3v) is 5.21. The number of thioether (sulfide) groups is 1. The summed E-state index contributed by atoms with van der Waals surface area (Å²) >= 11 is 1.23. The van der Waals surface area contributed by atoms with Crippen LogP contribution in [-0.2, 0) is 20.7 Å². The molecular weight excluding hydrogens is 348 g/mol. The van der Waals surface area contributed by atoms with Gasteiger partial charge in [-0.15, -0.1) is 0 Å². The van der Waals surface area contributed by atoms with E-state index in [1.807, 2.05) is 42.5 Å². The lowest BCUT2D eigenvalue weighted by molar-refractivity contribution is -0.135. The Morgan fingerprint density at radius 1 is 1.15 bits per heavy atom. The predicted octanol–water partition coefficient (Wildman–Crippen LogP) is 3.29. The van der Waals surface area contributed by atoms with E-state index in [4.69, 9.17) is 4.74 Å². The number of hydrogen-bond acceptors (Lipinski definition) is 5. The number of amides is 1. The molecule has 2 aromatic carbocycles. The summed E-state index contributed by atoms with van der Waals surface area (Å²) in [6.07, 6.45) is 0.511. The van der Waals surface area contributed by atoms with E-state index in [2.05, 4.69) is 0 Å². The number of carbonyl (C=O) groups is 2. The van der Waals surface area contributed by atoms with Gasteiger partial charge in [0.1, 0.15) is 11.1 Å². The highest BCUT2D eigenvalue weighted by Gasteiger charge is 2.40. The highest BCUT2D eigenvalue weighted by atomic mass is 32.2. The van der Waals surface area contributed by atoms with Crippen molar-refractivity contribution in [3.8, 4) is 6.07 Å². The molecule has 26 heavy (non-hydrogen) atoms. The maximum absolute atomic E-state index is 13.1. The van der Waals surface area contributed by atoms with E-state index in [-0.39, 0.29) is 11.5 Å². The van der Waals surface area contributed by atoms with Gasteiger partial charge >= 0.3 is 5.97 Å². The molecular formula is C20H16N2O3S. The van der Waals surface area contributed by atoms with Crippen LogP contribution >= 0.6 is 11.8 Å². The van der Waals surface area contributed by atoms with Crippen molar-refractivity contribution in [3.63, 3.8) is 0 Å². The third-order valence-electron chi connectivity index (χ3n) is 3.95. The zero-order valence-corrected chi connectivity index (χ0v) is 14.9. The summed E-state index contributed by atoms with van der Waals surface area (Å²) in [6.45, 7) is 0. The lowest BCUT2D eigenvalue weighted by Gasteiger charge is -2.18. The van der Waals surface area contributed by atoms with Crippen molar-refractivity contribution in [2.45, 2.75) is 11.7 Å². The highest BCUT2D eigenvalue weighted by Crippen LogP contribution is 2.41. The Kier molecular flexibility index (Phi) is 5.40. The van der Waals surface area contributed by atoms with Crippen LogP contribution in [0.25, 0.3) is 0 Å². The van der Waals surface area contributed by atoms with E-state index in [9.17, 15) is 14.9 Å². The summed E-state index contributed by atoms with van der Waals surface area (Å²) < 4.78 is 4.72. The number of nitriles is 1. The van der Waals surface area contributed by atoms with E-state index in [0.29, 0.717) is 17.1 Å². The second-order valence-electron chi connectivity index (χ2n) is 5.59. The van der Waals surface area contributed by atoms with Gasteiger partial charge in [-0.1, -0.05) is 60.3 Å². The van der Waals surface area contributed by atoms with E-state index >= 15 is 0 Å². The van der Waals surface area contributed by atoms with Gasteiger partial charge in [-0.05, 0) is 24.1 Å². The summed E-state index contributed by atoms with van der Waals surface area (Å²) in [4.78, 5) is 26.5. The van der Waals surface area contributed by atoms with Gasteiger partial charge in [0, 0.05) is 5.69 Å². The molecule has 3 rings (SSSR count). The number of carbonyl (C=O) groups excluding carboxylic acids is 2. The van der Waals surface area contributed by atoms with E-state index < -0.39 is 11.2 Å². The summed E-state index contributed by atoms with van der Waals surface area (Å²) in [7, 11) is 1.22. The Hall–Kier alpha value is -3.04. The largest absolute Gasteiger partial charge is 0.465 e. The lowest BCUT2D eigenvalue weighted by atomic mass is 10.1. The first-order chi connectivity index (χ1) is 12.7. The second kappa shape index (κ2) is 7.89. The minimum atomic E-state index is -0.746. The van der Waals surface area contributed by atoms with Gasteiger partial charge in [0.25, 0.3) is 0 Å². The first-order valence-electron chi connectivity index (χ1n) is 7.98. The minimum absolute atomic E-state index is 0.156. The molecule has 130 valence electrons. The fourth-order valence-corrected chi connectivity index (χ4v) is 4.01. The molecule has 1 amide bonds. The van der Waals surface area contributed by atoms with Gasteiger partial charge in [-0.2, -0.15) is 5.26 Å². The van der Waals surface area contributed by atoms with Crippen LogP contribution in [0.5, 0.6) is 0 Å². The number of nitrogens with zero attached hydrogens (tertiary/aromatic N) is 2. The molecule has 0 radical (unpaired) electrons. The molecule has 1 aliphatic heterocycles. The summed E-state index contributed by atoms with van der Waals surface area (Å²) in [5.41, 5.74) is 1.47. The minimum Gasteiger partial charge on any atom is -0.465 e. The van der Waals surface area contributed by atoms with Crippen LogP contribution in [0.3, 0.4) is 0 Å². The molecule has 0 spiro atoms. The molecule has 1 saturated heterocycles. The Balaban J connectivity index is 2.03. The maximum Gasteiger partial charge on any atom is 0.351 e. The lowest BCUT2D eigenvalue weighted by Crippen LogP contribution is -2.30. The first-order valence-corrected chi connectivity index (χ1v) is 8.86. The second-order valence-corrected chi connectivity index (χ2v) is 6.78. The number of para-hydroxylation sites is 1. The van der Waals surface area contributed by atoms with Crippen LogP contribution in [0.15, 0.2) is 71.3 Å². The molecule has 1 unspecified atom stereocenters. The van der Waals surface area contributed by atoms with Gasteiger partial charge in [0.05, 0.1) is 12.4 Å². The quantitative estimate of drug-likeness (QED) is 0.473. The van der Waals surface area contributed by atoms with Gasteiger partial charge < -0.3 is 4.74 Å².